The molecule has 0 fully saturated rings. The quantitative estimate of drug-likeness (QED) is 0.204. The first-order valence-corrected chi connectivity index (χ1v) is 11.1. The first-order chi connectivity index (χ1) is 15.0. The smallest absolute Gasteiger partial charge is 0.307 e. The first kappa shape index (κ1) is 21.6. The topological polar surface area (TPSA) is 63.8 Å². The lowest BCUT2D eigenvalue weighted by Gasteiger charge is -2.09. The fourth-order valence-corrected chi connectivity index (χ4v) is 3.76. The van der Waals surface area contributed by atoms with Crippen LogP contribution in [0, 0.1) is 0 Å². The van der Waals surface area contributed by atoms with Crippen molar-refractivity contribution in [1.29, 1.82) is 0 Å². The van der Waals surface area contributed by atoms with Crippen LogP contribution in [0.2, 0.25) is 5.02 Å². The van der Waals surface area contributed by atoms with Crippen LogP contribution < -0.4 is 10.2 Å². The van der Waals surface area contributed by atoms with Crippen LogP contribution >= 0.6 is 43.5 Å². The lowest BCUT2D eigenvalue weighted by Crippen LogP contribution is -2.16. The van der Waals surface area contributed by atoms with Crippen LogP contribution in [0.15, 0.2) is 85.2 Å². The van der Waals surface area contributed by atoms with Gasteiger partial charge in [0.15, 0.2) is 5.76 Å². The van der Waals surface area contributed by atoms with Crippen LogP contribution in [0.5, 0.6) is 5.75 Å². The van der Waals surface area contributed by atoms with Gasteiger partial charge in [-0.3, -0.25) is 4.79 Å². The van der Waals surface area contributed by atoms with E-state index in [1.165, 1.54) is 0 Å². The number of hydrazone groups is 1. The van der Waals surface area contributed by atoms with Gasteiger partial charge in [-0.25, -0.2) is 5.43 Å². The van der Waals surface area contributed by atoms with Crippen LogP contribution in [0.3, 0.4) is 0 Å². The van der Waals surface area contributed by atoms with E-state index in [1.807, 2.05) is 42.5 Å². The van der Waals surface area contributed by atoms with Crippen molar-refractivity contribution in [3.8, 4) is 5.75 Å². The number of carbonyl (C=O) groups excluding carboxylic acids is 1. The molecule has 156 valence electrons. The Hall–Kier alpha value is -2.61. The number of nitrogens with one attached hydrogen (secondary N) is 1. The molecule has 0 atom stereocenters. The average molecular weight is 563 g/mol. The molecular weight excluding hydrogens is 548 g/mol. The van der Waals surface area contributed by atoms with Crippen molar-refractivity contribution < 1.29 is 13.9 Å². The summed E-state index contributed by atoms with van der Waals surface area (Å²) in [6, 6.07) is 20.3. The van der Waals surface area contributed by atoms with Crippen molar-refractivity contribution in [2.75, 3.05) is 0 Å². The molecule has 0 spiro atoms. The molecule has 0 radical (unpaired) electrons. The van der Waals surface area contributed by atoms with Crippen LogP contribution in [0.4, 0.5) is 0 Å². The number of benzene rings is 3. The Morgan fingerprint density at radius 1 is 1.06 bits per heavy atom. The summed E-state index contributed by atoms with van der Waals surface area (Å²) in [4.78, 5) is 12.3. The Labute approximate surface area is 200 Å². The van der Waals surface area contributed by atoms with Crippen LogP contribution in [0.1, 0.15) is 21.7 Å². The molecule has 1 amide bonds. The molecule has 0 aliphatic carbocycles. The number of rotatable bonds is 6. The van der Waals surface area contributed by atoms with Gasteiger partial charge in [-0.1, -0.05) is 39.7 Å². The number of hydrogen-bond donors (Lipinski definition) is 1. The molecule has 0 saturated carbocycles. The normalized spacial score (nSPS) is 11.2. The van der Waals surface area contributed by atoms with Crippen LogP contribution in [-0.4, -0.2) is 12.1 Å². The molecule has 4 rings (SSSR count). The molecule has 1 N–H and O–H groups in total. The third kappa shape index (κ3) is 5.55. The van der Waals surface area contributed by atoms with E-state index < -0.39 is 5.91 Å². The monoisotopic (exact) mass is 560 g/mol. The number of carbonyl (C=O) groups is 1. The highest BCUT2D eigenvalue weighted by atomic mass is 79.9. The second-order valence-corrected chi connectivity index (χ2v) is 8.80. The molecule has 0 aliphatic rings. The lowest BCUT2D eigenvalue weighted by molar-refractivity contribution is 0.0929. The number of fused-ring (bicyclic) bond motifs is 1. The van der Waals surface area contributed by atoms with Crippen molar-refractivity contribution in [2.45, 2.75) is 6.61 Å². The van der Waals surface area contributed by atoms with E-state index in [9.17, 15) is 4.79 Å². The van der Waals surface area contributed by atoms with E-state index >= 15 is 0 Å². The lowest BCUT2D eigenvalue weighted by atomic mass is 10.2. The van der Waals surface area contributed by atoms with Gasteiger partial charge in [-0.15, -0.1) is 0 Å². The highest BCUT2D eigenvalue weighted by Gasteiger charge is 2.11. The Kier molecular flexibility index (Phi) is 6.75. The summed E-state index contributed by atoms with van der Waals surface area (Å²) >= 11 is 12.9. The number of hydrogen-bond acceptors (Lipinski definition) is 4. The summed E-state index contributed by atoms with van der Waals surface area (Å²) in [5.74, 6) is 0.425. The van der Waals surface area contributed by atoms with Crippen molar-refractivity contribution in [3.05, 3.63) is 97.6 Å². The average Bonchev–Trinajstić information content (AvgIpc) is 3.17. The second-order valence-electron chi connectivity index (χ2n) is 6.60. The Morgan fingerprint density at radius 3 is 2.65 bits per heavy atom. The van der Waals surface area contributed by atoms with Gasteiger partial charge in [-0.05, 0) is 81.7 Å². The maximum atomic E-state index is 12.3. The zero-order chi connectivity index (χ0) is 21.8. The zero-order valence-electron chi connectivity index (χ0n) is 15.9. The molecule has 1 heterocycles. The highest BCUT2D eigenvalue weighted by Crippen LogP contribution is 2.27. The third-order valence-electron chi connectivity index (χ3n) is 4.35. The van der Waals surface area contributed by atoms with E-state index in [1.54, 1.807) is 30.5 Å². The van der Waals surface area contributed by atoms with Gasteiger partial charge in [0, 0.05) is 14.9 Å². The minimum atomic E-state index is -0.447. The van der Waals surface area contributed by atoms with Gasteiger partial charge >= 0.3 is 5.91 Å². The summed E-state index contributed by atoms with van der Waals surface area (Å²) in [5.41, 5.74) is 4.90. The number of ether oxygens (including phenoxy) is 1. The van der Waals surface area contributed by atoms with Gasteiger partial charge in [0.2, 0.25) is 0 Å². The minimum absolute atomic E-state index is 0.160. The van der Waals surface area contributed by atoms with Gasteiger partial charge in [0.1, 0.15) is 17.9 Å². The number of halogens is 3. The zero-order valence-corrected chi connectivity index (χ0v) is 19.9. The van der Waals surface area contributed by atoms with E-state index in [0.717, 1.165) is 25.5 Å². The summed E-state index contributed by atoms with van der Waals surface area (Å²) in [5, 5.41) is 5.33. The maximum Gasteiger partial charge on any atom is 0.307 e. The Balaban J connectivity index is 1.36. The highest BCUT2D eigenvalue weighted by molar-refractivity contribution is 9.10. The predicted molar refractivity (Wildman–Crippen MR) is 129 cm³/mol. The maximum absolute atomic E-state index is 12.3. The van der Waals surface area contributed by atoms with E-state index in [4.69, 9.17) is 20.8 Å². The second kappa shape index (κ2) is 9.68. The van der Waals surface area contributed by atoms with Gasteiger partial charge in [0.25, 0.3) is 0 Å². The standard InChI is InChI=1S/C23H15Br2ClN2O3/c24-17-4-1-14(2-5-17)13-30-21-7-3-15(9-19(21)25)12-27-28-23(29)22-11-16-10-18(26)6-8-20(16)31-22/h1-12H,13H2,(H,28,29)/b27-12+. The van der Waals surface area contributed by atoms with E-state index in [2.05, 4.69) is 42.4 Å². The SMILES string of the molecule is O=C(N/N=C/c1ccc(OCc2ccc(Br)cc2)c(Br)c1)c1cc2cc(Cl)ccc2o1. The van der Waals surface area contributed by atoms with Crippen molar-refractivity contribution >= 4 is 66.6 Å². The summed E-state index contributed by atoms with van der Waals surface area (Å²) in [6.07, 6.45) is 1.54. The largest absolute Gasteiger partial charge is 0.488 e. The Bertz CT molecular complexity index is 1270. The fourth-order valence-electron chi connectivity index (χ4n) is 2.80. The molecule has 5 nitrogen and oxygen atoms in total. The third-order valence-corrected chi connectivity index (χ3v) is 5.73. The van der Waals surface area contributed by atoms with Gasteiger partial charge < -0.3 is 9.15 Å². The summed E-state index contributed by atoms with van der Waals surface area (Å²) in [7, 11) is 0. The van der Waals surface area contributed by atoms with Crippen LogP contribution in [-0.2, 0) is 6.61 Å². The fraction of sp³-hybridized carbons (Fsp3) is 0.0435. The van der Waals surface area contributed by atoms with Crippen LogP contribution in [0.25, 0.3) is 11.0 Å². The number of amides is 1. The first-order valence-electron chi connectivity index (χ1n) is 9.17. The molecule has 0 saturated heterocycles. The molecule has 4 aromatic rings. The molecule has 0 aliphatic heterocycles. The number of furan rings is 1. The van der Waals surface area contributed by atoms with Crippen molar-refractivity contribution in [2.24, 2.45) is 5.10 Å². The molecule has 0 unspecified atom stereocenters. The minimum Gasteiger partial charge on any atom is -0.488 e. The molecule has 8 heteroatoms. The summed E-state index contributed by atoms with van der Waals surface area (Å²) in [6.45, 7) is 0.456. The predicted octanol–water partition coefficient (Wildman–Crippen LogP) is 6.95. The van der Waals surface area contributed by atoms with E-state index in [-0.39, 0.29) is 5.76 Å². The molecular formula is C23H15Br2ClN2O3. The number of nitrogens with zero attached hydrogens (tertiary/aromatic N) is 1. The summed E-state index contributed by atoms with van der Waals surface area (Å²) < 4.78 is 13.2. The molecule has 0 bridgehead atoms. The van der Waals surface area contributed by atoms with Crippen molar-refractivity contribution in [3.63, 3.8) is 0 Å². The molecule has 3 aromatic carbocycles. The van der Waals surface area contributed by atoms with Crippen molar-refractivity contribution in [1.82, 2.24) is 5.43 Å². The Morgan fingerprint density at radius 2 is 1.87 bits per heavy atom. The van der Waals surface area contributed by atoms with Gasteiger partial charge in [-0.2, -0.15) is 5.10 Å². The van der Waals surface area contributed by atoms with Gasteiger partial charge in [0.05, 0.1) is 10.7 Å². The van der Waals surface area contributed by atoms with E-state index in [0.29, 0.717) is 23.0 Å². The molecule has 31 heavy (non-hydrogen) atoms. The molecule has 1 aromatic heterocycles.